The molecular weight excluding hydrogens is 170 g/mol. The Bertz CT molecular complexity index is 173. The highest BCUT2D eigenvalue weighted by Crippen LogP contribution is 2.08. The SMILES string of the molecule is CC#CCC(CCC(C)C)NCCC. The van der Waals surface area contributed by atoms with Crippen molar-refractivity contribution in [2.75, 3.05) is 6.54 Å². The zero-order valence-electron chi connectivity index (χ0n) is 10.2. The molecule has 0 aromatic rings. The van der Waals surface area contributed by atoms with Gasteiger partial charge in [0.1, 0.15) is 0 Å². The first-order valence-electron chi connectivity index (χ1n) is 5.83. The molecule has 0 bridgehead atoms. The van der Waals surface area contributed by atoms with Gasteiger partial charge in [-0.1, -0.05) is 20.8 Å². The van der Waals surface area contributed by atoms with Gasteiger partial charge >= 0.3 is 0 Å². The maximum absolute atomic E-state index is 3.56. The van der Waals surface area contributed by atoms with Crippen molar-refractivity contribution in [1.82, 2.24) is 5.32 Å². The van der Waals surface area contributed by atoms with Crippen molar-refractivity contribution in [2.24, 2.45) is 5.92 Å². The molecule has 0 rings (SSSR count). The van der Waals surface area contributed by atoms with E-state index < -0.39 is 0 Å². The van der Waals surface area contributed by atoms with Gasteiger partial charge in [0.05, 0.1) is 0 Å². The quantitative estimate of drug-likeness (QED) is 0.615. The zero-order valence-corrected chi connectivity index (χ0v) is 10.2. The molecule has 1 nitrogen and oxygen atoms in total. The summed E-state index contributed by atoms with van der Waals surface area (Å²) in [6, 6.07) is 0.602. The van der Waals surface area contributed by atoms with Gasteiger partial charge in [-0.3, -0.25) is 0 Å². The van der Waals surface area contributed by atoms with E-state index in [1.54, 1.807) is 0 Å². The highest BCUT2D eigenvalue weighted by atomic mass is 14.9. The van der Waals surface area contributed by atoms with Gasteiger partial charge in [0.15, 0.2) is 0 Å². The molecule has 1 atom stereocenters. The van der Waals surface area contributed by atoms with Gasteiger partial charge in [-0.2, -0.15) is 0 Å². The minimum absolute atomic E-state index is 0.602. The van der Waals surface area contributed by atoms with Crippen LogP contribution in [0, 0.1) is 17.8 Å². The summed E-state index contributed by atoms with van der Waals surface area (Å²) in [6.07, 6.45) is 4.76. The molecule has 0 heterocycles. The van der Waals surface area contributed by atoms with Crippen molar-refractivity contribution in [2.45, 2.75) is 59.4 Å². The van der Waals surface area contributed by atoms with Crippen molar-refractivity contribution in [1.29, 1.82) is 0 Å². The van der Waals surface area contributed by atoms with Crippen LogP contribution >= 0.6 is 0 Å². The van der Waals surface area contributed by atoms with Gasteiger partial charge in [0.2, 0.25) is 0 Å². The summed E-state index contributed by atoms with van der Waals surface area (Å²) in [7, 11) is 0. The number of nitrogens with one attached hydrogen (secondary N) is 1. The van der Waals surface area contributed by atoms with E-state index in [0.29, 0.717) is 6.04 Å². The van der Waals surface area contributed by atoms with Crippen LogP contribution < -0.4 is 5.32 Å². The molecule has 0 aromatic heterocycles. The van der Waals surface area contributed by atoms with Crippen LogP contribution in [0.15, 0.2) is 0 Å². The zero-order chi connectivity index (χ0) is 10.8. The van der Waals surface area contributed by atoms with E-state index in [1.807, 2.05) is 6.92 Å². The fraction of sp³-hybridized carbons (Fsp3) is 0.846. The van der Waals surface area contributed by atoms with Crippen LogP contribution in [0.5, 0.6) is 0 Å². The highest BCUT2D eigenvalue weighted by Gasteiger charge is 2.06. The van der Waals surface area contributed by atoms with Crippen molar-refractivity contribution in [3.05, 3.63) is 0 Å². The number of rotatable bonds is 7. The molecule has 0 aliphatic heterocycles. The minimum atomic E-state index is 0.602. The summed E-state index contributed by atoms with van der Waals surface area (Å²) in [5.74, 6) is 6.94. The van der Waals surface area contributed by atoms with Gasteiger partial charge < -0.3 is 5.32 Å². The third kappa shape index (κ3) is 8.13. The van der Waals surface area contributed by atoms with Crippen molar-refractivity contribution in [3.63, 3.8) is 0 Å². The number of hydrogen-bond donors (Lipinski definition) is 1. The lowest BCUT2D eigenvalue weighted by Gasteiger charge is -2.16. The van der Waals surface area contributed by atoms with Gasteiger partial charge in [-0.25, -0.2) is 0 Å². The smallest absolute Gasteiger partial charge is 0.0243 e. The van der Waals surface area contributed by atoms with Crippen LogP contribution in [0.25, 0.3) is 0 Å². The molecule has 0 spiro atoms. The predicted molar refractivity (Wildman–Crippen MR) is 64.2 cm³/mol. The van der Waals surface area contributed by atoms with E-state index in [4.69, 9.17) is 0 Å². The second kappa shape index (κ2) is 9.09. The summed E-state index contributed by atoms with van der Waals surface area (Å²) >= 11 is 0. The minimum Gasteiger partial charge on any atom is -0.313 e. The maximum Gasteiger partial charge on any atom is 0.0243 e. The molecule has 1 N–H and O–H groups in total. The van der Waals surface area contributed by atoms with Crippen molar-refractivity contribution >= 4 is 0 Å². The fourth-order valence-corrected chi connectivity index (χ4v) is 1.38. The Morgan fingerprint density at radius 1 is 1.21 bits per heavy atom. The Morgan fingerprint density at radius 3 is 2.43 bits per heavy atom. The standard InChI is InChI=1S/C13H25N/c1-5-7-8-13(14-11-6-2)10-9-12(3)4/h12-14H,6,8-11H2,1-4H3. The molecule has 0 amide bonds. The largest absolute Gasteiger partial charge is 0.313 e. The van der Waals surface area contributed by atoms with Gasteiger partial charge in [-0.05, 0) is 38.6 Å². The van der Waals surface area contributed by atoms with Gasteiger partial charge in [-0.15, -0.1) is 11.8 Å². The lowest BCUT2D eigenvalue weighted by molar-refractivity contribution is 0.435. The summed E-state index contributed by atoms with van der Waals surface area (Å²) in [5.41, 5.74) is 0. The van der Waals surface area contributed by atoms with Crippen LogP contribution in [0.3, 0.4) is 0 Å². The fourth-order valence-electron chi connectivity index (χ4n) is 1.38. The third-order valence-electron chi connectivity index (χ3n) is 2.30. The van der Waals surface area contributed by atoms with Crippen LogP contribution in [-0.4, -0.2) is 12.6 Å². The summed E-state index contributed by atoms with van der Waals surface area (Å²) in [4.78, 5) is 0. The van der Waals surface area contributed by atoms with Gasteiger partial charge in [0, 0.05) is 12.5 Å². The summed E-state index contributed by atoms with van der Waals surface area (Å²) < 4.78 is 0. The lowest BCUT2D eigenvalue weighted by atomic mass is 10.0. The van der Waals surface area contributed by atoms with E-state index in [9.17, 15) is 0 Å². The van der Waals surface area contributed by atoms with Crippen LogP contribution in [0.4, 0.5) is 0 Å². The second-order valence-electron chi connectivity index (χ2n) is 4.25. The topological polar surface area (TPSA) is 12.0 Å². The Balaban J connectivity index is 3.75. The van der Waals surface area contributed by atoms with Crippen LogP contribution in [0.1, 0.15) is 53.4 Å². The predicted octanol–water partition coefficient (Wildman–Crippen LogP) is 3.20. The first-order valence-corrected chi connectivity index (χ1v) is 5.83. The van der Waals surface area contributed by atoms with Crippen molar-refractivity contribution in [3.8, 4) is 11.8 Å². The molecule has 1 unspecified atom stereocenters. The Hall–Kier alpha value is -0.480. The molecule has 0 aliphatic carbocycles. The van der Waals surface area contributed by atoms with Crippen LogP contribution in [0.2, 0.25) is 0 Å². The first-order chi connectivity index (χ1) is 6.70. The normalized spacial score (nSPS) is 12.4. The van der Waals surface area contributed by atoms with E-state index in [0.717, 1.165) is 18.9 Å². The van der Waals surface area contributed by atoms with Gasteiger partial charge in [0.25, 0.3) is 0 Å². The Morgan fingerprint density at radius 2 is 1.93 bits per heavy atom. The number of hydrogen-bond acceptors (Lipinski definition) is 1. The van der Waals surface area contributed by atoms with E-state index in [1.165, 1.54) is 19.3 Å². The average Bonchev–Trinajstić information content (AvgIpc) is 2.16. The first kappa shape index (κ1) is 13.5. The summed E-state index contributed by atoms with van der Waals surface area (Å²) in [5, 5.41) is 3.56. The van der Waals surface area contributed by atoms with Crippen LogP contribution in [-0.2, 0) is 0 Å². The molecule has 0 aromatic carbocycles. The second-order valence-corrected chi connectivity index (χ2v) is 4.25. The molecule has 0 saturated carbocycles. The van der Waals surface area contributed by atoms with E-state index in [-0.39, 0.29) is 0 Å². The Labute approximate surface area is 89.7 Å². The van der Waals surface area contributed by atoms with Crippen molar-refractivity contribution < 1.29 is 0 Å². The Kier molecular flexibility index (Phi) is 8.78. The van der Waals surface area contributed by atoms with E-state index in [2.05, 4.69) is 37.9 Å². The average molecular weight is 195 g/mol. The lowest BCUT2D eigenvalue weighted by Crippen LogP contribution is -2.29. The monoisotopic (exact) mass is 195 g/mol. The third-order valence-corrected chi connectivity index (χ3v) is 2.30. The van der Waals surface area contributed by atoms with E-state index >= 15 is 0 Å². The molecule has 0 saturated heterocycles. The molecule has 0 fully saturated rings. The molecule has 1 heteroatoms. The molecule has 0 aliphatic rings. The maximum atomic E-state index is 3.56. The molecular formula is C13H25N. The molecule has 0 radical (unpaired) electrons. The highest BCUT2D eigenvalue weighted by molar-refractivity contribution is 4.98. The molecule has 82 valence electrons. The molecule has 14 heavy (non-hydrogen) atoms. The summed E-state index contributed by atoms with van der Waals surface area (Å²) in [6.45, 7) is 9.80.